The standard InChI is InChI=1S/C21H34N6/c1-16-18(15-26(5)25-16)19-6-7-20(24-23-19)22-14-17-8-11-27(12-9-17)13-10-21(2,3)4/h6-7,15,17H,8-14H2,1-5H3,(H,22,24). The summed E-state index contributed by atoms with van der Waals surface area (Å²) in [4.78, 5) is 2.62. The van der Waals surface area contributed by atoms with Gasteiger partial charge in [0, 0.05) is 25.4 Å². The molecule has 3 heterocycles. The molecule has 0 saturated carbocycles. The van der Waals surface area contributed by atoms with Crippen LogP contribution in [-0.4, -0.2) is 51.1 Å². The van der Waals surface area contributed by atoms with Gasteiger partial charge in [0.25, 0.3) is 0 Å². The normalized spacial score (nSPS) is 16.6. The predicted octanol–water partition coefficient (Wildman–Crippen LogP) is 3.75. The molecule has 3 rings (SSSR count). The van der Waals surface area contributed by atoms with Crippen molar-refractivity contribution in [2.45, 2.75) is 47.0 Å². The van der Waals surface area contributed by atoms with Gasteiger partial charge in [-0.1, -0.05) is 20.8 Å². The zero-order valence-corrected chi connectivity index (χ0v) is 17.5. The van der Waals surface area contributed by atoms with E-state index in [-0.39, 0.29) is 0 Å². The molecule has 0 aromatic carbocycles. The van der Waals surface area contributed by atoms with Crippen LogP contribution in [0.4, 0.5) is 5.82 Å². The lowest BCUT2D eigenvalue weighted by molar-refractivity contribution is 0.167. The topological polar surface area (TPSA) is 58.9 Å². The van der Waals surface area contributed by atoms with Gasteiger partial charge < -0.3 is 10.2 Å². The molecule has 148 valence electrons. The average molecular weight is 371 g/mol. The molecule has 2 aromatic rings. The Kier molecular flexibility index (Phi) is 6.15. The Labute approximate surface area is 163 Å². The van der Waals surface area contributed by atoms with Crippen LogP contribution in [0, 0.1) is 18.3 Å². The molecule has 0 spiro atoms. The lowest BCUT2D eigenvalue weighted by Gasteiger charge is -2.33. The number of nitrogens with zero attached hydrogens (tertiary/aromatic N) is 5. The summed E-state index contributed by atoms with van der Waals surface area (Å²) in [5.41, 5.74) is 3.32. The highest BCUT2D eigenvalue weighted by Gasteiger charge is 2.20. The summed E-state index contributed by atoms with van der Waals surface area (Å²) in [5, 5.41) is 16.6. The van der Waals surface area contributed by atoms with Crippen molar-refractivity contribution in [3.05, 3.63) is 24.0 Å². The fourth-order valence-electron chi connectivity index (χ4n) is 3.58. The molecule has 1 N–H and O–H groups in total. The number of nitrogens with one attached hydrogen (secondary N) is 1. The lowest BCUT2D eigenvalue weighted by atomic mass is 9.91. The Balaban J connectivity index is 1.44. The van der Waals surface area contributed by atoms with Crippen LogP contribution in [0.3, 0.4) is 0 Å². The van der Waals surface area contributed by atoms with Crippen molar-refractivity contribution in [3.63, 3.8) is 0 Å². The Morgan fingerprint density at radius 1 is 1.15 bits per heavy atom. The van der Waals surface area contributed by atoms with Crippen LogP contribution >= 0.6 is 0 Å². The summed E-state index contributed by atoms with van der Waals surface area (Å²) in [5.74, 6) is 1.58. The second-order valence-electron chi connectivity index (χ2n) is 9.08. The van der Waals surface area contributed by atoms with E-state index >= 15 is 0 Å². The van der Waals surface area contributed by atoms with Crippen LogP contribution in [0.5, 0.6) is 0 Å². The van der Waals surface area contributed by atoms with Gasteiger partial charge in [0.2, 0.25) is 0 Å². The van der Waals surface area contributed by atoms with Crippen LogP contribution in [0.2, 0.25) is 0 Å². The van der Waals surface area contributed by atoms with Crippen molar-refractivity contribution in [2.24, 2.45) is 18.4 Å². The predicted molar refractivity (Wildman–Crippen MR) is 111 cm³/mol. The maximum atomic E-state index is 4.37. The van der Waals surface area contributed by atoms with Gasteiger partial charge in [-0.25, -0.2) is 0 Å². The average Bonchev–Trinajstić information content (AvgIpc) is 2.97. The molecule has 6 nitrogen and oxygen atoms in total. The lowest BCUT2D eigenvalue weighted by Crippen LogP contribution is -2.37. The van der Waals surface area contributed by atoms with Crippen LogP contribution in [0.25, 0.3) is 11.3 Å². The van der Waals surface area contributed by atoms with E-state index in [4.69, 9.17) is 0 Å². The first-order valence-electron chi connectivity index (χ1n) is 10.1. The summed E-state index contributed by atoms with van der Waals surface area (Å²) in [6, 6.07) is 4.04. The first-order valence-corrected chi connectivity index (χ1v) is 10.1. The molecule has 0 radical (unpaired) electrons. The Morgan fingerprint density at radius 2 is 1.89 bits per heavy atom. The van der Waals surface area contributed by atoms with Crippen LogP contribution < -0.4 is 5.32 Å². The van der Waals surface area contributed by atoms with Crippen molar-refractivity contribution in [1.82, 2.24) is 24.9 Å². The number of hydrogen-bond donors (Lipinski definition) is 1. The molecule has 0 amide bonds. The number of hydrogen-bond acceptors (Lipinski definition) is 5. The number of piperidine rings is 1. The van der Waals surface area contributed by atoms with Crippen molar-refractivity contribution in [1.29, 1.82) is 0 Å². The van der Waals surface area contributed by atoms with E-state index in [0.717, 1.165) is 35.2 Å². The van der Waals surface area contributed by atoms with Crippen molar-refractivity contribution >= 4 is 5.82 Å². The summed E-state index contributed by atoms with van der Waals surface area (Å²) in [6.07, 6.45) is 5.78. The molecule has 1 aliphatic rings. The molecule has 6 heteroatoms. The monoisotopic (exact) mass is 370 g/mol. The van der Waals surface area contributed by atoms with Gasteiger partial charge in [-0.2, -0.15) is 5.10 Å². The third-order valence-corrected chi connectivity index (χ3v) is 5.41. The minimum absolute atomic E-state index is 0.428. The van der Waals surface area contributed by atoms with E-state index in [1.807, 2.05) is 37.0 Å². The number of aromatic nitrogens is 4. The third kappa shape index (κ3) is 5.76. The first-order chi connectivity index (χ1) is 12.8. The Bertz CT molecular complexity index is 720. The van der Waals surface area contributed by atoms with Crippen LogP contribution in [-0.2, 0) is 7.05 Å². The number of anilines is 1. The molecule has 0 atom stereocenters. The van der Waals surface area contributed by atoms with Gasteiger partial charge in [-0.3, -0.25) is 4.68 Å². The molecule has 27 heavy (non-hydrogen) atoms. The Morgan fingerprint density at radius 3 is 2.44 bits per heavy atom. The molecular formula is C21H34N6. The van der Waals surface area contributed by atoms with E-state index in [0.29, 0.717) is 5.41 Å². The number of likely N-dealkylation sites (tertiary alicyclic amines) is 1. The highest BCUT2D eigenvalue weighted by atomic mass is 15.3. The van der Waals surface area contributed by atoms with Gasteiger partial charge >= 0.3 is 0 Å². The molecule has 2 aromatic heterocycles. The zero-order chi connectivity index (χ0) is 19.4. The highest BCUT2D eigenvalue weighted by Crippen LogP contribution is 2.23. The summed E-state index contributed by atoms with van der Waals surface area (Å²) in [6.45, 7) is 13.6. The maximum absolute atomic E-state index is 4.37. The van der Waals surface area contributed by atoms with Crippen molar-refractivity contribution in [3.8, 4) is 11.3 Å². The van der Waals surface area contributed by atoms with E-state index in [9.17, 15) is 0 Å². The zero-order valence-electron chi connectivity index (χ0n) is 17.5. The van der Waals surface area contributed by atoms with E-state index in [1.54, 1.807) is 0 Å². The van der Waals surface area contributed by atoms with Gasteiger partial charge in [-0.15, -0.1) is 10.2 Å². The Hall–Kier alpha value is -1.95. The first kappa shape index (κ1) is 19.8. The van der Waals surface area contributed by atoms with Gasteiger partial charge in [-0.05, 0) is 69.3 Å². The van der Waals surface area contributed by atoms with Crippen LogP contribution in [0.1, 0.15) is 45.7 Å². The van der Waals surface area contributed by atoms with Gasteiger partial charge in [0.15, 0.2) is 0 Å². The molecule has 0 unspecified atom stereocenters. The summed E-state index contributed by atoms with van der Waals surface area (Å²) in [7, 11) is 1.92. The highest BCUT2D eigenvalue weighted by molar-refractivity contribution is 5.61. The number of aryl methyl sites for hydroxylation is 2. The quantitative estimate of drug-likeness (QED) is 0.839. The van der Waals surface area contributed by atoms with E-state index < -0.39 is 0 Å². The fourth-order valence-corrected chi connectivity index (χ4v) is 3.58. The fraction of sp³-hybridized carbons (Fsp3) is 0.667. The summed E-state index contributed by atoms with van der Waals surface area (Å²) < 4.78 is 1.81. The van der Waals surface area contributed by atoms with Gasteiger partial charge in [0.05, 0.1) is 11.4 Å². The molecule has 0 bridgehead atoms. The third-order valence-electron chi connectivity index (χ3n) is 5.41. The molecule has 1 aliphatic heterocycles. The maximum Gasteiger partial charge on any atom is 0.148 e. The van der Waals surface area contributed by atoms with Crippen molar-refractivity contribution < 1.29 is 0 Å². The smallest absolute Gasteiger partial charge is 0.148 e. The van der Waals surface area contributed by atoms with E-state index in [2.05, 4.69) is 46.3 Å². The molecular weight excluding hydrogens is 336 g/mol. The molecule has 1 saturated heterocycles. The van der Waals surface area contributed by atoms with Crippen molar-refractivity contribution in [2.75, 3.05) is 31.5 Å². The largest absolute Gasteiger partial charge is 0.368 e. The van der Waals surface area contributed by atoms with Gasteiger partial charge in [0.1, 0.15) is 5.82 Å². The van der Waals surface area contributed by atoms with E-state index in [1.165, 1.54) is 38.9 Å². The summed E-state index contributed by atoms with van der Waals surface area (Å²) >= 11 is 0. The molecule has 1 fully saturated rings. The number of rotatable bonds is 6. The minimum atomic E-state index is 0.428. The SMILES string of the molecule is Cc1nn(C)cc1-c1ccc(NCC2CCN(CCC(C)(C)C)CC2)nn1. The second-order valence-corrected chi connectivity index (χ2v) is 9.08. The second kappa shape index (κ2) is 8.38. The minimum Gasteiger partial charge on any atom is -0.368 e. The van der Waals surface area contributed by atoms with Crippen LogP contribution in [0.15, 0.2) is 18.3 Å². The molecule has 0 aliphatic carbocycles.